The molecule has 2 heterocycles. The first-order chi connectivity index (χ1) is 37.9. The van der Waals surface area contributed by atoms with Gasteiger partial charge < -0.3 is 27.8 Å². The first kappa shape index (κ1) is 61.8. The van der Waals surface area contributed by atoms with Crippen molar-refractivity contribution in [3.63, 3.8) is 0 Å². The van der Waals surface area contributed by atoms with Gasteiger partial charge in [-0.3, -0.25) is 0 Å². The third-order valence-corrected chi connectivity index (χ3v) is 41.8. The maximum Gasteiger partial charge on any atom is 0.337 e. The van der Waals surface area contributed by atoms with Crippen LogP contribution in [0.3, 0.4) is 0 Å². The van der Waals surface area contributed by atoms with Crippen molar-refractivity contribution in [2.24, 2.45) is 113 Å². The third-order valence-electron chi connectivity index (χ3n) is 32.5. The van der Waals surface area contributed by atoms with E-state index in [0.29, 0.717) is 68.0 Å². The van der Waals surface area contributed by atoms with Crippen molar-refractivity contribution in [2.75, 3.05) is 14.2 Å². The molecule has 4 spiro atoms. The highest BCUT2D eigenvalue weighted by molar-refractivity contribution is 6.74. The molecule has 10 saturated carbocycles. The second-order valence-electron chi connectivity index (χ2n) is 34.2. The summed E-state index contributed by atoms with van der Waals surface area (Å²) in [4.78, 5) is 26.1. The maximum atomic E-state index is 13.2. The van der Waals surface area contributed by atoms with E-state index >= 15 is 0 Å². The van der Waals surface area contributed by atoms with Crippen LogP contribution < -0.4 is 0 Å². The smallest absolute Gasteiger partial charge is 0.337 e. The van der Waals surface area contributed by atoms with Gasteiger partial charge in [-0.1, -0.05) is 125 Å². The summed E-state index contributed by atoms with van der Waals surface area (Å²) in [6.07, 6.45) is 20.5. The van der Waals surface area contributed by atoms with E-state index in [4.69, 9.17) is 27.8 Å². The topological polar surface area (TPSA) is 89.5 Å². The molecule has 81 heavy (non-hydrogen) atoms. The number of esters is 2. The van der Waals surface area contributed by atoms with E-state index in [-0.39, 0.29) is 58.0 Å². The molecule has 24 atom stereocenters. The van der Waals surface area contributed by atoms with E-state index < -0.39 is 28.3 Å². The molecule has 12 rings (SSSR count). The number of carbonyl (C=O) groups is 2. The van der Waals surface area contributed by atoms with Gasteiger partial charge in [0, 0.05) is 10.8 Å². The van der Waals surface area contributed by atoms with Crippen LogP contribution >= 0.6 is 0 Å². The lowest BCUT2D eigenvalue weighted by Gasteiger charge is -2.64. The Balaban J connectivity index is 0.000000170. The number of hydrogen-bond acceptors (Lipinski definition) is 8. The van der Waals surface area contributed by atoms with Gasteiger partial charge in [-0.25, -0.2) is 9.59 Å². The molecule has 12 fully saturated rings. The summed E-state index contributed by atoms with van der Waals surface area (Å²) >= 11 is 0. The van der Waals surface area contributed by atoms with Gasteiger partial charge in [0.15, 0.2) is 28.3 Å². The molecule has 2 saturated heterocycles. The Morgan fingerprint density at radius 3 is 1.30 bits per heavy atom. The normalized spacial score (nSPS) is 52.9. The number of methoxy groups -OCH3 is 2. The van der Waals surface area contributed by atoms with Crippen LogP contribution in [0, 0.1) is 113 Å². The average Bonchev–Trinajstić information content (AvgIpc) is 1.66. The second kappa shape index (κ2) is 19.9. The molecule has 12 aliphatic rings. The van der Waals surface area contributed by atoms with Crippen molar-refractivity contribution in [1.29, 1.82) is 0 Å². The van der Waals surface area contributed by atoms with Crippen LogP contribution in [0.25, 0.3) is 0 Å². The first-order valence-electron chi connectivity index (χ1n) is 34.7. The van der Waals surface area contributed by atoms with Crippen LogP contribution in [0.5, 0.6) is 0 Å². The molecule has 0 aromatic rings. The van der Waals surface area contributed by atoms with E-state index in [0.717, 1.165) is 72.8 Å². The van der Waals surface area contributed by atoms with Gasteiger partial charge in [0.2, 0.25) is 0 Å². The predicted octanol–water partition coefficient (Wildman–Crippen LogP) is 17.7. The molecule has 0 amide bonds. The van der Waals surface area contributed by atoms with Crippen LogP contribution in [-0.2, 0) is 37.4 Å². The molecular formula is C71H122O8Si2. The van der Waals surface area contributed by atoms with Gasteiger partial charge in [-0.2, -0.15) is 0 Å². The minimum atomic E-state index is -1.95. The number of hydrogen-bond donors (Lipinski definition) is 0. The van der Waals surface area contributed by atoms with Crippen molar-refractivity contribution in [3.05, 3.63) is 0 Å². The standard InChI is InChI=1S/C36H62O4Si.C35H60O4Si/c1-12-41(13-2,14-3)40-29-28-27(23(4)21-33(9,39-28)30(37)38-11)32(8)19-20-36-22-35(36)18-17-24(5)31(6,7)25(35)15-16-26(36)34(29,32)10;1-11-40(12-2,13-3)39-29-28-27(22(4)20-24(38-28)30(36)37-10)32(8)18-19-35-21-34(35)17-16-23(5)31(6,7)25(34)14-15-26(35)33(29,32)9/h23-29H,12-22H2,1-11H3;22-29H,11-21H2,1-10H3/t23-,24+,25+,26+,27?,28+,29+,32-,33-,34-,35?,36+;22-,23+,24-,25+,26+,27?,28+,29+,32-,33-,34?,35+/m11/s1. The molecule has 10 heteroatoms. The summed E-state index contributed by atoms with van der Waals surface area (Å²) in [6.45, 7) is 47.1. The van der Waals surface area contributed by atoms with E-state index in [1.165, 1.54) is 104 Å². The van der Waals surface area contributed by atoms with Gasteiger partial charge in [0.25, 0.3) is 0 Å². The van der Waals surface area contributed by atoms with Crippen molar-refractivity contribution < 1.29 is 37.4 Å². The summed E-state index contributed by atoms with van der Waals surface area (Å²) in [5.41, 5.74) is 2.45. The van der Waals surface area contributed by atoms with Crippen LogP contribution in [0.1, 0.15) is 234 Å². The zero-order valence-corrected chi connectivity index (χ0v) is 58.0. The minimum Gasteiger partial charge on any atom is -0.467 e. The maximum absolute atomic E-state index is 13.2. The van der Waals surface area contributed by atoms with E-state index in [1.54, 1.807) is 0 Å². The molecule has 0 aromatic heterocycles. The van der Waals surface area contributed by atoms with Gasteiger partial charge in [-0.05, 0) is 248 Å². The molecule has 462 valence electrons. The Labute approximate surface area is 497 Å². The molecule has 4 unspecified atom stereocenters. The summed E-state index contributed by atoms with van der Waals surface area (Å²) in [5, 5.41) is 0. The van der Waals surface area contributed by atoms with Crippen LogP contribution in [-0.4, -0.2) is 78.9 Å². The van der Waals surface area contributed by atoms with E-state index in [9.17, 15) is 9.59 Å². The molecule has 10 aliphatic carbocycles. The summed E-state index contributed by atoms with van der Waals surface area (Å²) in [7, 11) is -0.848. The number of ether oxygens (including phenoxy) is 4. The zero-order chi connectivity index (χ0) is 59.1. The SMILES string of the molecule is CC[Si](CC)(CC)O[C@H]1[C@H]2O[C@@H](C(=O)OC)C[C@@H](C)C2[C@@]2(C)CC[C@@]34CC35CC[C@H](C)C(C)(C)[C@@H]5CC[C@H]4[C@]12C.CC[Si](CC)(CC)O[C@H]1[C@H]2O[C@@](C)(C(=O)OC)C[C@@H](C)C2[C@@]2(C)CC[C@@]34CC35CC[C@H](C)C(C)(C)[C@@H]5CC[C@H]4[C@]12C. The fraction of sp³-hybridized carbons (Fsp3) is 0.972. The quantitative estimate of drug-likeness (QED) is 0.141. The number of rotatable bonds is 12. The Morgan fingerprint density at radius 2 is 0.889 bits per heavy atom. The summed E-state index contributed by atoms with van der Waals surface area (Å²) < 4.78 is 40.2. The molecule has 0 radical (unpaired) electrons. The Kier molecular flexibility index (Phi) is 15.2. The molecule has 2 aliphatic heterocycles. The second-order valence-corrected chi connectivity index (χ2v) is 43.6. The highest BCUT2D eigenvalue weighted by Crippen LogP contribution is 2.92. The van der Waals surface area contributed by atoms with E-state index in [2.05, 4.69) is 125 Å². The molecular weight excluding hydrogens is 1040 g/mol. The van der Waals surface area contributed by atoms with Crippen molar-refractivity contribution >= 4 is 28.6 Å². The summed E-state index contributed by atoms with van der Waals surface area (Å²) in [5.74, 6) is 6.00. The lowest BCUT2D eigenvalue weighted by atomic mass is 9.41. The number of fused-ring (bicyclic) bond motifs is 8. The largest absolute Gasteiger partial charge is 0.467 e. The van der Waals surface area contributed by atoms with Gasteiger partial charge in [-0.15, -0.1) is 0 Å². The van der Waals surface area contributed by atoms with Crippen LogP contribution in [0.2, 0.25) is 36.3 Å². The fourth-order valence-electron chi connectivity index (χ4n) is 26.8. The molecule has 0 bridgehead atoms. The number of carbonyl (C=O) groups excluding carboxylic acids is 2. The predicted molar refractivity (Wildman–Crippen MR) is 331 cm³/mol. The highest BCUT2D eigenvalue weighted by Gasteiger charge is 2.87. The lowest BCUT2D eigenvalue weighted by molar-refractivity contribution is -0.209. The minimum absolute atomic E-state index is 0.00947. The third kappa shape index (κ3) is 7.73. The Bertz CT molecular complexity index is 2400. The Morgan fingerprint density at radius 1 is 0.494 bits per heavy atom. The lowest BCUT2D eigenvalue weighted by Crippen LogP contribution is -2.61. The van der Waals surface area contributed by atoms with Crippen LogP contribution in [0.15, 0.2) is 0 Å². The first-order valence-corrected chi connectivity index (χ1v) is 39.8. The fourth-order valence-corrected chi connectivity index (χ4v) is 32.6. The molecule has 0 aromatic carbocycles. The van der Waals surface area contributed by atoms with Crippen molar-refractivity contribution in [2.45, 2.75) is 307 Å². The average molecular weight is 1160 g/mol. The molecule has 8 nitrogen and oxygen atoms in total. The van der Waals surface area contributed by atoms with Crippen molar-refractivity contribution in [1.82, 2.24) is 0 Å². The van der Waals surface area contributed by atoms with Crippen LogP contribution in [0.4, 0.5) is 0 Å². The van der Waals surface area contributed by atoms with Crippen molar-refractivity contribution in [3.8, 4) is 0 Å². The Hall–Kier alpha value is -0.786. The zero-order valence-electron chi connectivity index (χ0n) is 56.0. The van der Waals surface area contributed by atoms with E-state index in [1.807, 2.05) is 6.92 Å². The highest BCUT2D eigenvalue weighted by atomic mass is 28.4. The monoisotopic (exact) mass is 1160 g/mol. The molecule has 0 N–H and O–H groups in total. The van der Waals surface area contributed by atoms with Gasteiger partial charge in [0.1, 0.15) is 0 Å². The van der Waals surface area contributed by atoms with Gasteiger partial charge >= 0.3 is 11.9 Å². The van der Waals surface area contributed by atoms with Gasteiger partial charge in [0.05, 0.1) is 38.6 Å². The summed E-state index contributed by atoms with van der Waals surface area (Å²) in [6, 6.07) is 6.93.